The molecule has 0 aliphatic rings. The van der Waals surface area contributed by atoms with Crippen molar-refractivity contribution in [2.24, 2.45) is 0 Å². The van der Waals surface area contributed by atoms with Gasteiger partial charge in [-0.15, -0.1) is 0 Å². The van der Waals surface area contributed by atoms with E-state index < -0.39 is 22.5 Å². The predicted molar refractivity (Wildman–Crippen MR) is 142 cm³/mol. The number of benzene rings is 3. The number of nitrogens with zero attached hydrogens (tertiary/aromatic N) is 2. The summed E-state index contributed by atoms with van der Waals surface area (Å²) >= 11 is 1.11. The van der Waals surface area contributed by atoms with Crippen LogP contribution in [0.2, 0.25) is 0 Å². The second-order valence-electron chi connectivity index (χ2n) is 8.15. The van der Waals surface area contributed by atoms with E-state index in [1.807, 2.05) is 32.9 Å². The minimum Gasteiger partial charge on any atom is -0.324 e. The van der Waals surface area contributed by atoms with Crippen LogP contribution in [0.25, 0.3) is 10.2 Å². The number of sulfonamides is 1. The minimum absolute atomic E-state index is 0.0579. The molecular weight excluding hydrogens is 482 g/mol. The smallest absolute Gasteiger partial charge is 0.308 e. The zero-order valence-corrected chi connectivity index (χ0v) is 21.4. The van der Waals surface area contributed by atoms with Crippen molar-refractivity contribution in [3.63, 3.8) is 0 Å². The van der Waals surface area contributed by atoms with Crippen molar-refractivity contribution >= 4 is 48.9 Å². The van der Waals surface area contributed by atoms with Gasteiger partial charge in [0.1, 0.15) is 6.54 Å². The lowest BCUT2D eigenvalue weighted by Crippen LogP contribution is -2.38. The second-order valence-corrected chi connectivity index (χ2v) is 11.0. The van der Waals surface area contributed by atoms with E-state index in [2.05, 4.69) is 5.32 Å². The molecule has 1 N–H and O–H groups in total. The minimum atomic E-state index is -4.00. The highest BCUT2D eigenvalue weighted by Gasteiger charge is 2.28. The highest BCUT2D eigenvalue weighted by Crippen LogP contribution is 2.28. The van der Waals surface area contributed by atoms with Gasteiger partial charge in [0.2, 0.25) is 5.91 Å². The SMILES string of the molecule is CCc1ccccc1N(CC(=O)Nc1ccc2c(c1)sc(=O)n2CC)S(=O)(=O)c1ccc(C)cc1. The van der Waals surface area contributed by atoms with E-state index >= 15 is 0 Å². The number of hydrogen-bond donors (Lipinski definition) is 1. The van der Waals surface area contributed by atoms with Crippen molar-refractivity contribution in [1.82, 2.24) is 4.57 Å². The monoisotopic (exact) mass is 509 g/mol. The van der Waals surface area contributed by atoms with Crippen molar-refractivity contribution in [3.8, 4) is 0 Å². The van der Waals surface area contributed by atoms with Crippen LogP contribution in [0.5, 0.6) is 0 Å². The average molecular weight is 510 g/mol. The molecule has 0 aliphatic heterocycles. The standard InChI is InChI=1S/C26H27N3O4S2/c1-4-19-8-6-7-9-22(19)29(35(32,33)21-13-10-18(3)11-14-21)17-25(30)27-20-12-15-23-24(16-20)34-26(31)28(23)5-2/h6-16H,4-5,17H2,1-3H3,(H,27,30). The average Bonchev–Trinajstić information content (AvgIpc) is 3.16. The third-order valence-corrected chi connectivity index (χ3v) is 8.52. The number of rotatable bonds is 8. The summed E-state index contributed by atoms with van der Waals surface area (Å²) in [5.74, 6) is -0.479. The van der Waals surface area contributed by atoms with Crippen LogP contribution in [-0.4, -0.2) is 25.4 Å². The van der Waals surface area contributed by atoms with Gasteiger partial charge in [-0.3, -0.25) is 18.5 Å². The summed E-state index contributed by atoms with van der Waals surface area (Å²) in [6.07, 6.45) is 0.613. The highest BCUT2D eigenvalue weighted by molar-refractivity contribution is 7.92. The van der Waals surface area contributed by atoms with Crippen LogP contribution in [0.3, 0.4) is 0 Å². The summed E-state index contributed by atoms with van der Waals surface area (Å²) < 4.78 is 30.9. The summed E-state index contributed by atoms with van der Waals surface area (Å²) in [5, 5.41) is 2.80. The molecule has 4 aromatic rings. The molecule has 0 spiro atoms. The Bertz CT molecular complexity index is 1540. The first-order chi connectivity index (χ1) is 16.7. The Balaban J connectivity index is 1.68. The molecule has 35 heavy (non-hydrogen) atoms. The maximum atomic E-state index is 13.7. The third-order valence-electron chi connectivity index (χ3n) is 5.81. The van der Waals surface area contributed by atoms with E-state index in [0.29, 0.717) is 24.3 Å². The number of nitrogens with one attached hydrogen (secondary N) is 1. The number of hydrogen-bond acceptors (Lipinski definition) is 5. The van der Waals surface area contributed by atoms with Gasteiger partial charge in [0.25, 0.3) is 10.0 Å². The number of para-hydroxylation sites is 1. The second kappa shape index (κ2) is 10.1. The molecule has 182 valence electrons. The normalized spacial score (nSPS) is 11.5. The lowest BCUT2D eigenvalue weighted by atomic mass is 10.1. The molecule has 9 heteroatoms. The topological polar surface area (TPSA) is 88.5 Å². The van der Waals surface area contributed by atoms with Crippen molar-refractivity contribution in [3.05, 3.63) is 87.5 Å². The number of amides is 1. The molecule has 0 unspecified atom stereocenters. The number of carbonyl (C=O) groups is 1. The van der Waals surface area contributed by atoms with Crippen LogP contribution in [0.1, 0.15) is 25.0 Å². The zero-order valence-electron chi connectivity index (χ0n) is 19.8. The van der Waals surface area contributed by atoms with Gasteiger partial charge in [-0.2, -0.15) is 0 Å². The van der Waals surface area contributed by atoms with E-state index in [4.69, 9.17) is 0 Å². The molecule has 1 aromatic heterocycles. The van der Waals surface area contributed by atoms with E-state index in [-0.39, 0.29) is 9.77 Å². The Labute approximate surface area is 208 Å². The Kier molecular flexibility index (Phi) is 7.09. The highest BCUT2D eigenvalue weighted by atomic mass is 32.2. The number of aryl methyl sites for hydroxylation is 3. The van der Waals surface area contributed by atoms with Gasteiger partial charge in [0, 0.05) is 12.2 Å². The lowest BCUT2D eigenvalue weighted by molar-refractivity contribution is -0.114. The van der Waals surface area contributed by atoms with Crippen molar-refractivity contribution < 1.29 is 13.2 Å². The Morgan fingerprint density at radius 2 is 1.74 bits per heavy atom. The van der Waals surface area contributed by atoms with E-state index in [1.165, 1.54) is 0 Å². The fourth-order valence-corrected chi connectivity index (χ4v) is 6.42. The first-order valence-corrected chi connectivity index (χ1v) is 13.6. The molecule has 0 saturated heterocycles. The molecule has 0 aliphatic carbocycles. The Morgan fingerprint density at radius 3 is 2.43 bits per heavy atom. The van der Waals surface area contributed by atoms with Gasteiger partial charge >= 0.3 is 4.87 Å². The van der Waals surface area contributed by atoms with Gasteiger partial charge in [-0.1, -0.05) is 54.2 Å². The van der Waals surface area contributed by atoms with Crippen LogP contribution in [0.15, 0.2) is 76.4 Å². The quantitative estimate of drug-likeness (QED) is 0.370. The Hall–Kier alpha value is -3.43. The number of aromatic nitrogens is 1. The van der Waals surface area contributed by atoms with Gasteiger partial charge in [-0.25, -0.2) is 8.42 Å². The van der Waals surface area contributed by atoms with Crippen LogP contribution in [0.4, 0.5) is 11.4 Å². The molecule has 7 nitrogen and oxygen atoms in total. The molecule has 0 radical (unpaired) electrons. The van der Waals surface area contributed by atoms with Crippen molar-refractivity contribution in [1.29, 1.82) is 0 Å². The van der Waals surface area contributed by atoms with E-state index in [0.717, 1.165) is 37.0 Å². The maximum absolute atomic E-state index is 13.7. The third kappa shape index (κ3) is 5.01. The van der Waals surface area contributed by atoms with E-state index in [1.54, 1.807) is 59.2 Å². The van der Waals surface area contributed by atoms with Crippen LogP contribution < -0.4 is 14.5 Å². The van der Waals surface area contributed by atoms with Crippen LogP contribution in [0, 0.1) is 6.92 Å². The molecule has 1 amide bonds. The first kappa shape index (κ1) is 24.7. The number of anilines is 2. The summed E-state index contributed by atoms with van der Waals surface area (Å²) in [5.41, 5.74) is 3.55. The number of thiazole rings is 1. The molecule has 1 heterocycles. The maximum Gasteiger partial charge on any atom is 0.308 e. The molecule has 3 aromatic carbocycles. The molecule has 0 bridgehead atoms. The largest absolute Gasteiger partial charge is 0.324 e. The van der Waals surface area contributed by atoms with Gasteiger partial charge in [-0.05, 0) is 62.2 Å². The summed E-state index contributed by atoms with van der Waals surface area (Å²) in [7, 11) is -4.00. The molecular formula is C26H27N3O4S2. The summed E-state index contributed by atoms with van der Waals surface area (Å²) in [6, 6.07) is 19.0. The summed E-state index contributed by atoms with van der Waals surface area (Å²) in [4.78, 5) is 25.3. The predicted octanol–water partition coefficient (Wildman–Crippen LogP) is 4.79. The summed E-state index contributed by atoms with van der Waals surface area (Å²) in [6.45, 7) is 5.90. The van der Waals surface area contributed by atoms with E-state index in [9.17, 15) is 18.0 Å². The van der Waals surface area contributed by atoms with Gasteiger partial charge < -0.3 is 5.32 Å². The fourth-order valence-electron chi connectivity index (χ4n) is 3.96. The van der Waals surface area contributed by atoms with Crippen LogP contribution >= 0.6 is 11.3 Å². The zero-order chi connectivity index (χ0) is 25.2. The first-order valence-electron chi connectivity index (χ1n) is 11.3. The Morgan fingerprint density at radius 1 is 1.03 bits per heavy atom. The molecule has 0 saturated carbocycles. The fraction of sp³-hybridized carbons (Fsp3) is 0.231. The van der Waals surface area contributed by atoms with Gasteiger partial charge in [0.15, 0.2) is 0 Å². The number of carbonyl (C=O) groups excluding carboxylic acids is 1. The molecule has 0 fully saturated rings. The van der Waals surface area contributed by atoms with Crippen molar-refractivity contribution in [2.75, 3.05) is 16.2 Å². The van der Waals surface area contributed by atoms with Crippen LogP contribution in [-0.2, 0) is 27.8 Å². The number of fused-ring (bicyclic) bond motifs is 1. The molecule has 0 atom stereocenters. The molecule has 4 rings (SSSR count). The van der Waals surface area contributed by atoms with Crippen molar-refractivity contribution in [2.45, 2.75) is 38.6 Å². The lowest BCUT2D eigenvalue weighted by Gasteiger charge is -2.26. The van der Waals surface area contributed by atoms with Gasteiger partial charge in [0.05, 0.1) is 20.8 Å².